The molecule has 0 heterocycles. The monoisotopic (exact) mass is 263 g/mol. The Kier molecular flexibility index (Phi) is 4.50. The Bertz CT molecular complexity index is 357. The van der Waals surface area contributed by atoms with E-state index in [9.17, 15) is 0 Å². The second-order valence-electron chi connectivity index (χ2n) is 6.82. The van der Waals surface area contributed by atoms with Crippen molar-refractivity contribution in [2.45, 2.75) is 44.6 Å². The molecule has 17 heavy (non-hydrogen) atoms. The number of hydrogen-bond donors (Lipinski definition) is 0. The van der Waals surface area contributed by atoms with Crippen molar-refractivity contribution >= 4 is 22.4 Å². The van der Waals surface area contributed by atoms with Gasteiger partial charge in [-0.25, -0.2) is 0 Å². The van der Waals surface area contributed by atoms with E-state index in [0.717, 1.165) is 0 Å². The maximum atomic E-state index is 4.93. The van der Waals surface area contributed by atoms with Gasteiger partial charge in [0.1, 0.15) is 0 Å². The fourth-order valence-corrected chi connectivity index (χ4v) is 13.9. The van der Waals surface area contributed by atoms with Crippen LogP contribution in [0.5, 0.6) is 0 Å². The number of nitrogens with zero attached hydrogens (tertiary/aromatic N) is 1. The third-order valence-corrected chi connectivity index (χ3v) is 11.6. The van der Waals surface area contributed by atoms with E-state index >= 15 is 0 Å². The van der Waals surface area contributed by atoms with Crippen molar-refractivity contribution in [3.63, 3.8) is 0 Å². The standard InChI is InChI=1S/C14H25NSi2/c1-16(2,3)14(17(4,5)6)15-12-13-10-8-7-9-11-13/h7-12,14H,1-6H3. The van der Waals surface area contributed by atoms with Crippen LogP contribution in [-0.4, -0.2) is 27.7 Å². The van der Waals surface area contributed by atoms with Crippen LogP contribution >= 0.6 is 0 Å². The van der Waals surface area contributed by atoms with E-state index < -0.39 is 16.1 Å². The van der Waals surface area contributed by atoms with E-state index in [1.165, 1.54) is 5.56 Å². The Morgan fingerprint density at radius 1 is 0.882 bits per heavy atom. The molecule has 0 atom stereocenters. The van der Waals surface area contributed by atoms with Crippen molar-refractivity contribution in [3.05, 3.63) is 35.9 Å². The Morgan fingerprint density at radius 2 is 1.35 bits per heavy atom. The molecule has 0 amide bonds. The summed E-state index contributed by atoms with van der Waals surface area (Å²) in [5, 5.41) is 0.593. The minimum atomic E-state index is -1.21. The Balaban J connectivity index is 2.92. The molecule has 0 aromatic heterocycles. The third-order valence-electron chi connectivity index (χ3n) is 2.81. The molecule has 3 heteroatoms. The molecule has 0 spiro atoms. The molecule has 0 fully saturated rings. The lowest BCUT2D eigenvalue weighted by molar-refractivity contribution is 1.13. The van der Waals surface area contributed by atoms with Gasteiger partial charge in [0.15, 0.2) is 0 Å². The van der Waals surface area contributed by atoms with Gasteiger partial charge in [-0.3, -0.25) is 4.99 Å². The first-order chi connectivity index (χ1) is 7.71. The van der Waals surface area contributed by atoms with E-state index in [1.54, 1.807) is 0 Å². The smallest absolute Gasteiger partial charge is 0.0693 e. The molecule has 94 valence electrons. The van der Waals surface area contributed by atoms with Crippen LogP contribution in [0.4, 0.5) is 0 Å². The summed E-state index contributed by atoms with van der Waals surface area (Å²) >= 11 is 0. The lowest BCUT2D eigenvalue weighted by Crippen LogP contribution is -2.52. The first-order valence-electron chi connectivity index (χ1n) is 6.29. The molecule has 0 N–H and O–H groups in total. The average Bonchev–Trinajstić information content (AvgIpc) is 2.15. The summed E-state index contributed by atoms with van der Waals surface area (Å²) < 4.78 is 0. The SMILES string of the molecule is C[Si](C)(C)C(N=Cc1ccccc1)[Si](C)(C)C. The van der Waals surface area contributed by atoms with Gasteiger partial charge in [-0.15, -0.1) is 0 Å². The third kappa shape index (κ3) is 4.60. The molecule has 0 saturated carbocycles. The van der Waals surface area contributed by atoms with E-state index in [-0.39, 0.29) is 0 Å². The summed E-state index contributed by atoms with van der Waals surface area (Å²) in [7, 11) is -2.42. The number of rotatable bonds is 4. The van der Waals surface area contributed by atoms with Crippen LogP contribution in [-0.2, 0) is 0 Å². The van der Waals surface area contributed by atoms with Gasteiger partial charge in [-0.2, -0.15) is 0 Å². The Hall–Kier alpha value is -0.676. The minimum absolute atomic E-state index is 0.593. The molecule has 0 unspecified atom stereocenters. The van der Waals surface area contributed by atoms with Gasteiger partial charge in [-0.05, 0) is 5.56 Å². The topological polar surface area (TPSA) is 12.4 Å². The molecule has 1 aromatic rings. The van der Waals surface area contributed by atoms with E-state index in [4.69, 9.17) is 4.99 Å². The van der Waals surface area contributed by atoms with Gasteiger partial charge in [0.2, 0.25) is 0 Å². The van der Waals surface area contributed by atoms with Crippen LogP contribution in [0.15, 0.2) is 35.3 Å². The first-order valence-corrected chi connectivity index (χ1v) is 13.4. The van der Waals surface area contributed by atoms with Gasteiger partial charge >= 0.3 is 0 Å². The molecule has 0 aliphatic heterocycles. The highest BCUT2D eigenvalue weighted by Crippen LogP contribution is 2.22. The van der Waals surface area contributed by atoms with Crippen LogP contribution in [0.3, 0.4) is 0 Å². The maximum Gasteiger partial charge on any atom is 0.0693 e. The summed E-state index contributed by atoms with van der Waals surface area (Å²) in [4.78, 5) is 4.93. The molecule has 0 aliphatic rings. The number of aliphatic imine (C=N–C) groups is 1. The van der Waals surface area contributed by atoms with Crippen LogP contribution < -0.4 is 0 Å². The first kappa shape index (κ1) is 14.4. The van der Waals surface area contributed by atoms with Crippen molar-refractivity contribution < 1.29 is 0 Å². The molecule has 1 rings (SSSR count). The average molecular weight is 264 g/mol. The highest BCUT2D eigenvalue weighted by molar-refractivity contribution is 6.96. The van der Waals surface area contributed by atoms with E-state index in [0.29, 0.717) is 5.29 Å². The molecular formula is C14H25NSi2. The summed E-state index contributed by atoms with van der Waals surface area (Å²) in [6, 6.07) is 10.4. The zero-order valence-corrected chi connectivity index (χ0v) is 14.0. The molecule has 0 bridgehead atoms. The second kappa shape index (κ2) is 5.31. The fraction of sp³-hybridized carbons (Fsp3) is 0.500. The van der Waals surface area contributed by atoms with Gasteiger partial charge in [-0.1, -0.05) is 69.6 Å². The lowest BCUT2D eigenvalue weighted by atomic mass is 10.2. The maximum absolute atomic E-state index is 4.93. The molecule has 0 saturated heterocycles. The van der Waals surface area contributed by atoms with Gasteiger partial charge < -0.3 is 0 Å². The van der Waals surface area contributed by atoms with Gasteiger partial charge in [0, 0.05) is 11.5 Å². The van der Waals surface area contributed by atoms with E-state index in [2.05, 4.69) is 69.8 Å². The van der Waals surface area contributed by atoms with Crippen LogP contribution in [0.1, 0.15) is 5.56 Å². The summed E-state index contributed by atoms with van der Waals surface area (Å²) in [5.74, 6) is 0. The zero-order chi connectivity index (χ0) is 13.1. The minimum Gasteiger partial charge on any atom is -0.296 e. The predicted molar refractivity (Wildman–Crippen MR) is 84.5 cm³/mol. The highest BCUT2D eigenvalue weighted by Gasteiger charge is 2.36. The largest absolute Gasteiger partial charge is 0.296 e. The van der Waals surface area contributed by atoms with Crippen molar-refractivity contribution in [2.75, 3.05) is 0 Å². The summed E-state index contributed by atoms with van der Waals surface area (Å²) in [5.41, 5.74) is 1.22. The molecule has 1 nitrogen and oxygen atoms in total. The van der Waals surface area contributed by atoms with Crippen LogP contribution in [0.25, 0.3) is 0 Å². The lowest BCUT2D eigenvalue weighted by Gasteiger charge is -2.35. The quantitative estimate of drug-likeness (QED) is 0.569. The predicted octanol–water partition coefficient (Wildman–Crippen LogP) is 4.23. The normalized spacial score (nSPS) is 13.6. The molecule has 0 radical (unpaired) electrons. The molecule has 1 aromatic carbocycles. The Morgan fingerprint density at radius 3 is 1.76 bits per heavy atom. The number of benzene rings is 1. The fourth-order valence-electron chi connectivity index (χ4n) is 2.45. The van der Waals surface area contributed by atoms with E-state index in [1.807, 2.05) is 6.07 Å². The van der Waals surface area contributed by atoms with Gasteiger partial charge in [0.25, 0.3) is 0 Å². The van der Waals surface area contributed by atoms with Gasteiger partial charge in [0.05, 0.1) is 16.1 Å². The van der Waals surface area contributed by atoms with Crippen molar-refractivity contribution in [3.8, 4) is 0 Å². The molecule has 0 aliphatic carbocycles. The van der Waals surface area contributed by atoms with Crippen molar-refractivity contribution in [2.24, 2.45) is 4.99 Å². The summed E-state index contributed by atoms with van der Waals surface area (Å²) in [6.45, 7) is 14.6. The second-order valence-corrected chi connectivity index (χ2v) is 18.0. The van der Waals surface area contributed by atoms with Crippen molar-refractivity contribution in [1.29, 1.82) is 0 Å². The van der Waals surface area contributed by atoms with Crippen molar-refractivity contribution in [1.82, 2.24) is 0 Å². The van der Waals surface area contributed by atoms with Crippen LogP contribution in [0, 0.1) is 0 Å². The van der Waals surface area contributed by atoms with Crippen LogP contribution in [0.2, 0.25) is 39.3 Å². The Labute approximate surface area is 108 Å². The zero-order valence-electron chi connectivity index (χ0n) is 12.0. The number of hydrogen-bond acceptors (Lipinski definition) is 1. The summed E-state index contributed by atoms with van der Waals surface area (Å²) in [6.07, 6.45) is 2.07. The molecular weight excluding hydrogens is 238 g/mol. The highest BCUT2D eigenvalue weighted by atomic mass is 28.4.